The number of benzene rings is 8. The van der Waals surface area contributed by atoms with Crippen molar-refractivity contribution in [3.63, 3.8) is 0 Å². The Morgan fingerprint density at radius 2 is 0.750 bits per heavy atom. The number of hydrogen-bond acceptors (Lipinski definition) is 3. The molecular weight excluding hydrogens is 679 g/mol. The van der Waals surface area contributed by atoms with Gasteiger partial charge < -0.3 is 0 Å². The average molecular weight is 714 g/mol. The van der Waals surface area contributed by atoms with Gasteiger partial charge in [-0.1, -0.05) is 194 Å². The number of nitrogens with zero attached hydrogens (tertiary/aromatic N) is 3. The van der Waals surface area contributed by atoms with Crippen molar-refractivity contribution in [3.05, 3.63) is 212 Å². The molecule has 0 bridgehead atoms. The first kappa shape index (κ1) is 33.1. The highest BCUT2D eigenvalue weighted by Crippen LogP contribution is 2.40. The molecule has 0 aliphatic heterocycles. The van der Waals surface area contributed by atoms with Crippen molar-refractivity contribution in [1.29, 1.82) is 0 Å². The summed E-state index contributed by atoms with van der Waals surface area (Å²) >= 11 is 0. The van der Waals surface area contributed by atoms with Crippen molar-refractivity contribution in [3.8, 4) is 78.5 Å². The number of hydrogen-bond donors (Lipinski definition) is 0. The van der Waals surface area contributed by atoms with Gasteiger partial charge in [-0.2, -0.15) is 0 Å². The van der Waals surface area contributed by atoms with E-state index < -0.39 is 0 Å². The molecular formula is C53H35N3. The molecule has 0 fully saturated rings. The van der Waals surface area contributed by atoms with Crippen LogP contribution in [0.15, 0.2) is 212 Å². The molecule has 0 unspecified atom stereocenters. The molecule has 262 valence electrons. The first-order chi connectivity index (χ1) is 27.7. The monoisotopic (exact) mass is 713 g/mol. The zero-order valence-corrected chi connectivity index (χ0v) is 30.5. The quantitative estimate of drug-likeness (QED) is 0.154. The van der Waals surface area contributed by atoms with Crippen LogP contribution in [-0.4, -0.2) is 15.0 Å². The van der Waals surface area contributed by atoms with Gasteiger partial charge in [-0.25, -0.2) is 15.0 Å². The zero-order chi connectivity index (χ0) is 37.3. The topological polar surface area (TPSA) is 38.7 Å². The van der Waals surface area contributed by atoms with E-state index in [9.17, 15) is 0 Å². The van der Waals surface area contributed by atoms with Gasteiger partial charge in [0.15, 0.2) is 5.82 Å². The smallest absolute Gasteiger partial charge is 0.160 e. The highest BCUT2D eigenvalue weighted by atomic mass is 14.9. The lowest BCUT2D eigenvalue weighted by Gasteiger charge is -2.15. The van der Waals surface area contributed by atoms with Crippen LogP contribution in [0.25, 0.3) is 100 Å². The molecule has 8 aromatic carbocycles. The Hall–Kier alpha value is -7.49. The molecule has 10 rings (SSSR count). The summed E-state index contributed by atoms with van der Waals surface area (Å²) in [5, 5.41) is 3.50. The summed E-state index contributed by atoms with van der Waals surface area (Å²) in [6.45, 7) is 0. The predicted molar refractivity (Wildman–Crippen MR) is 233 cm³/mol. The molecule has 56 heavy (non-hydrogen) atoms. The Labute approximate surface area is 326 Å². The highest BCUT2D eigenvalue weighted by molar-refractivity contribution is 6.17. The third kappa shape index (κ3) is 6.31. The minimum Gasteiger partial charge on any atom is -0.247 e. The molecule has 2 aromatic heterocycles. The molecule has 0 spiro atoms. The lowest BCUT2D eigenvalue weighted by molar-refractivity contribution is 1.18. The summed E-state index contributed by atoms with van der Waals surface area (Å²) in [4.78, 5) is 15.6. The van der Waals surface area contributed by atoms with Gasteiger partial charge in [0, 0.05) is 38.4 Å². The molecule has 0 amide bonds. The molecule has 3 heteroatoms. The van der Waals surface area contributed by atoms with Crippen LogP contribution in [0.5, 0.6) is 0 Å². The van der Waals surface area contributed by atoms with E-state index >= 15 is 0 Å². The summed E-state index contributed by atoms with van der Waals surface area (Å²) in [6, 6.07) is 74.4. The van der Waals surface area contributed by atoms with Crippen molar-refractivity contribution < 1.29 is 0 Å². The lowest BCUT2D eigenvalue weighted by Crippen LogP contribution is -1.96. The van der Waals surface area contributed by atoms with E-state index in [-0.39, 0.29) is 0 Å². The fraction of sp³-hybridized carbons (Fsp3) is 0. The molecule has 0 aliphatic carbocycles. The van der Waals surface area contributed by atoms with Crippen LogP contribution >= 0.6 is 0 Å². The molecule has 0 atom stereocenters. The second-order valence-electron chi connectivity index (χ2n) is 14.0. The number of fused-ring (bicyclic) bond motifs is 3. The van der Waals surface area contributed by atoms with Crippen LogP contribution in [0.2, 0.25) is 0 Å². The fourth-order valence-electron chi connectivity index (χ4n) is 7.69. The van der Waals surface area contributed by atoms with Crippen molar-refractivity contribution in [2.24, 2.45) is 0 Å². The number of pyridine rings is 1. The predicted octanol–water partition coefficient (Wildman–Crippen LogP) is 13.8. The molecule has 0 aliphatic rings. The van der Waals surface area contributed by atoms with E-state index in [0.717, 1.165) is 77.9 Å². The Morgan fingerprint density at radius 1 is 0.268 bits per heavy atom. The first-order valence-corrected chi connectivity index (χ1v) is 18.9. The summed E-state index contributed by atoms with van der Waals surface area (Å²) < 4.78 is 0. The minimum absolute atomic E-state index is 0.695. The molecule has 0 saturated carbocycles. The number of rotatable bonds is 7. The molecule has 0 radical (unpaired) electrons. The second-order valence-corrected chi connectivity index (χ2v) is 14.0. The van der Waals surface area contributed by atoms with Crippen LogP contribution in [0.3, 0.4) is 0 Å². The average Bonchev–Trinajstić information content (AvgIpc) is 3.29. The molecule has 10 aromatic rings. The van der Waals surface area contributed by atoms with Gasteiger partial charge in [0.2, 0.25) is 0 Å². The maximum absolute atomic E-state index is 5.35. The maximum Gasteiger partial charge on any atom is 0.160 e. The van der Waals surface area contributed by atoms with E-state index in [1.807, 2.05) is 24.3 Å². The van der Waals surface area contributed by atoms with Crippen molar-refractivity contribution in [2.75, 3.05) is 0 Å². The van der Waals surface area contributed by atoms with Crippen LogP contribution < -0.4 is 0 Å². The van der Waals surface area contributed by atoms with E-state index in [4.69, 9.17) is 15.0 Å². The Bertz CT molecular complexity index is 2980. The molecule has 0 N–H and O–H groups in total. The Kier molecular flexibility index (Phi) is 8.51. The van der Waals surface area contributed by atoms with E-state index in [1.165, 1.54) is 16.5 Å². The fourth-order valence-corrected chi connectivity index (χ4v) is 7.69. The van der Waals surface area contributed by atoms with Crippen LogP contribution in [0, 0.1) is 0 Å². The van der Waals surface area contributed by atoms with Gasteiger partial charge in [-0.3, -0.25) is 0 Å². The second kappa shape index (κ2) is 14.4. The van der Waals surface area contributed by atoms with Gasteiger partial charge in [-0.15, -0.1) is 0 Å². The largest absolute Gasteiger partial charge is 0.247 e. The van der Waals surface area contributed by atoms with E-state index in [2.05, 4.69) is 188 Å². The van der Waals surface area contributed by atoms with Crippen LogP contribution in [0.4, 0.5) is 0 Å². The number of aromatic nitrogens is 3. The summed E-state index contributed by atoms with van der Waals surface area (Å²) in [7, 11) is 0. The van der Waals surface area contributed by atoms with Crippen molar-refractivity contribution in [1.82, 2.24) is 15.0 Å². The van der Waals surface area contributed by atoms with Gasteiger partial charge in [0.05, 0.1) is 22.6 Å². The summed E-state index contributed by atoms with van der Waals surface area (Å²) in [5.74, 6) is 0.695. The SMILES string of the molecule is c1ccc(-c2cccc(-c3nc(-c4ccccc4)cc(-c4ccc(-c5ccc6c(c5)nc(-c5ccccc5)c5cccc(-c7ccccc7)c56)cc4)n3)c2)cc1. The lowest BCUT2D eigenvalue weighted by atomic mass is 9.92. The Balaban J connectivity index is 1.07. The Morgan fingerprint density at radius 3 is 1.43 bits per heavy atom. The standard InChI is InChI=1S/C53H35N3/c1-5-15-36(16-6-1)42-23-13-24-44(33-42)53-55-48(39-19-9-3-10-20-39)35-49(56-53)40-29-27-37(28-30-40)43-31-32-46-50(34-43)54-52(41-21-11-4-12-22-41)47-26-14-25-45(51(46)47)38-17-7-2-8-18-38/h1-35H. The van der Waals surface area contributed by atoms with Gasteiger partial charge in [0.1, 0.15) is 0 Å². The highest BCUT2D eigenvalue weighted by Gasteiger charge is 2.16. The molecule has 3 nitrogen and oxygen atoms in total. The summed E-state index contributed by atoms with van der Waals surface area (Å²) in [6.07, 6.45) is 0. The summed E-state index contributed by atoms with van der Waals surface area (Å²) in [5.41, 5.74) is 14.8. The van der Waals surface area contributed by atoms with Crippen LogP contribution in [-0.2, 0) is 0 Å². The van der Waals surface area contributed by atoms with Crippen molar-refractivity contribution >= 4 is 21.7 Å². The maximum atomic E-state index is 5.35. The van der Waals surface area contributed by atoms with Gasteiger partial charge in [-0.05, 0) is 51.6 Å². The van der Waals surface area contributed by atoms with Gasteiger partial charge >= 0.3 is 0 Å². The van der Waals surface area contributed by atoms with E-state index in [1.54, 1.807) is 0 Å². The normalized spacial score (nSPS) is 11.2. The zero-order valence-electron chi connectivity index (χ0n) is 30.5. The van der Waals surface area contributed by atoms with Gasteiger partial charge in [0.25, 0.3) is 0 Å². The third-order valence-corrected chi connectivity index (χ3v) is 10.5. The molecule has 2 heterocycles. The molecule has 0 saturated heterocycles. The van der Waals surface area contributed by atoms with Crippen molar-refractivity contribution in [2.45, 2.75) is 0 Å². The minimum atomic E-state index is 0.695. The third-order valence-electron chi connectivity index (χ3n) is 10.5. The van der Waals surface area contributed by atoms with E-state index in [0.29, 0.717) is 5.82 Å². The first-order valence-electron chi connectivity index (χ1n) is 18.9. The van der Waals surface area contributed by atoms with Crippen LogP contribution in [0.1, 0.15) is 0 Å².